The van der Waals surface area contributed by atoms with Crippen molar-refractivity contribution in [2.75, 3.05) is 6.54 Å². The average molecular weight is 240 g/mol. The number of benzene rings is 1. The molecule has 1 aliphatic carbocycles. The Labute approximate surface area is 102 Å². The summed E-state index contributed by atoms with van der Waals surface area (Å²) in [5.74, 6) is 0.872. The van der Waals surface area contributed by atoms with Gasteiger partial charge in [-0.15, -0.1) is 0 Å². The van der Waals surface area contributed by atoms with Crippen LogP contribution in [0, 0.1) is 0 Å². The molecule has 0 bridgehead atoms. The molecule has 0 saturated heterocycles. The summed E-state index contributed by atoms with van der Waals surface area (Å²) in [7, 11) is 0. The number of rotatable bonds is 3. The van der Waals surface area contributed by atoms with Gasteiger partial charge < -0.3 is 10.5 Å². The Kier molecular flexibility index (Phi) is 3.72. The number of nitrogens with two attached hydrogens (primary N) is 1. The van der Waals surface area contributed by atoms with Crippen molar-refractivity contribution in [1.82, 2.24) is 0 Å². The van der Waals surface area contributed by atoms with Gasteiger partial charge in [0.1, 0.15) is 11.4 Å². The first-order valence-electron chi connectivity index (χ1n) is 5.89. The lowest BCUT2D eigenvalue weighted by Crippen LogP contribution is -2.45. The summed E-state index contributed by atoms with van der Waals surface area (Å²) in [6.45, 7) is 0.593. The van der Waals surface area contributed by atoms with Crippen LogP contribution in [-0.2, 0) is 0 Å². The standard InChI is InChI=1S/C13H18ClNO/c14-11-4-6-12(7-5-11)16-13(10-15)8-2-1-3-9-13/h4-7H,1-3,8-10,15H2. The quantitative estimate of drug-likeness (QED) is 0.878. The maximum Gasteiger partial charge on any atom is 0.121 e. The first kappa shape index (κ1) is 11.7. The Morgan fingerprint density at radius 1 is 1.12 bits per heavy atom. The van der Waals surface area contributed by atoms with Gasteiger partial charge in [0.05, 0.1) is 0 Å². The van der Waals surface area contributed by atoms with Gasteiger partial charge in [-0.1, -0.05) is 18.0 Å². The molecule has 1 aromatic carbocycles. The highest BCUT2D eigenvalue weighted by molar-refractivity contribution is 6.30. The molecule has 2 N–H and O–H groups in total. The van der Waals surface area contributed by atoms with Gasteiger partial charge in [-0.3, -0.25) is 0 Å². The van der Waals surface area contributed by atoms with Crippen LogP contribution in [0.5, 0.6) is 5.75 Å². The Bertz CT molecular complexity index is 330. The third-order valence-electron chi connectivity index (χ3n) is 3.28. The van der Waals surface area contributed by atoms with Crippen molar-refractivity contribution in [3.05, 3.63) is 29.3 Å². The van der Waals surface area contributed by atoms with Crippen LogP contribution in [0.4, 0.5) is 0 Å². The number of ether oxygens (including phenoxy) is 1. The third kappa shape index (κ3) is 2.69. The van der Waals surface area contributed by atoms with E-state index in [9.17, 15) is 0 Å². The van der Waals surface area contributed by atoms with Gasteiger partial charge in [-0.2, -0.15) is 0 Å². The monoisotopic (exact) mass is 239 g/mol. The molecule has 0 amide bonds. The molecule has 0 aromatic heterocycles. The van der Waals surface area contributed by atoms with Crippen molar-refractivity contribution in [3.63, 3.8) is 0 Å². The fraction of sp³-hybridized carbons (Fsp3) is 0.538. The number of hydrogen-bond acceptors (Lipinski definition) is 2. The summed E-state index contributed by atoms with van der Waals surface area (Å²) in [6, 6.07) is 7.52. The highest BCUT2D eigenvalue weighted by atomic mass is 35.5. The maximum atomic E-state index is 6.06. The second-order valence-electron chi connectivity index (χ2n) is 4.50. The van der Waals surface area contributed by atoms with E-state index in [4.69, 9.17) is 22.1 Å². The Hall–Kier alpha value is -0.730. The number of hydrogen-bond donors (Lipinski definition) is 1. The maximum absolute atomic E-state index is 6.06. The van der Waals surface area contributed by atoms with Crippen molar-refractivity contribution in [2.45, 2.75) is 37.7 Å². The molecule has 0 unspecified atom stereocenters. The summed E-state index contributed by atoms with van der Waals surface area (Å²) < 4.78 is 6.06. The predicted octanol–water partition coefficient (Wildman–Crippen LogP) is 3.38. The van der Waals surface area contributed by atoms with E-state index in [0.717, 1.165) is 23.6 Å². The highest BCUT2D eigenvalue weighted by Crippen LogP contribution is 2.32. The van der Waals surface area contributed by atoms with Gasteiger partial charge in [0.15, 0.2) is 0 Å². The number of halogens is 1. The van der Waals surface area contributed by atoms with Crippen LogP contribution < -0.4 is 10.5 Å². The first-order chi connectivity index (χ1) is 7.74. The molecule has 1 fully saturated rings. The molecule has 88 valence electrons. The molecular weight excluding hydrogens is 222 g/mol. The Balaban J connectivity index is 2.08. The molecule has 2 nitrogen and oxygen atoms in total. The minimum Gasteiger partial charge on any atom is -0.486 e. The van der Waals surface area contributed by atoms with Crippen molar-refractivity contribution in [1.29, 1.82) is 0 Å². The van der Waals surface area contributed by atoms with Crippen LogP contribution in [-0.4, -0.2) is 12.1 Å². The van der Waals surface area contributed by atoms with E-state index in [0.29, 0.717) is 6.54 Å². The summed E-state index contributed by atoms with van der Waals surface area (Å²) >= 11 is 5.84. The van der Waals surface area contributed by atoms with E-state index in [-0.39, 0.29) is 5.60 Å². The van der Waals surface area contributed by atoms with E-state index < -0.39 is 0 Å². The fourth-order valence-corrected chi connectivity index (χ4v) is 2.42. The largest absolute Gasteiger partial charge is 0.486 e. The Morgan fingerprint density at radius 3 is 2.31 bits per heavy atom. The van der Waals surface area contributed by atoms with Crippen LogP contribution in [0.25, 0.3) is 0 Å². The summed E-state index contributed by atoms with van der Waals surface area (Å²) in [6.07, 6.45) is 5.85. The topological polar surface area (TPSA) is 35.2 Å². The molecule has 1 saturated carbocycles. The van der Waals surface area contributed by atoms with Crippen LogP contribution in [0.1, 0.15) is 32.1 Å². The van der Waals surface area contributed by atoms with Crippen molar-refractivity contribution >= 4 is 11.6 Å². The normalized spacial score (nSPS) is 19.4. The molecule has 1 aromatic rings. The zero-order valence-electron chi connectivity index (χ0n) is 9.42. The van der Waals surface area contributed by atoms with Crippen molar-refractivity contribution in [2.24, 2.45) is 5.73 Å². The first-order valence-corrected chi connectivity index (χ1v) is 6.27. The van der Waals surface area contributed by atoms with Crippen LogP contribution in [0.15, 0.2) is 24.3 Å². The molecule has 0 atom stereocenters. The van der Waals surface area contributed by atoms with Crippen LogP contribution in [0.2, 0.25) is 5.02 Å². The molecule has 1 aliphatic rings. The molecular formula is C13H18ClNO. The molecule has 0 aliphatic heterocycles. The van der Waals surface area contributed by atoms with Crippen LogP contribution in [0.3, 0.4) is 0 Å². The summed E-state index contributed by atoms with van der Waals surface area (Å²) in [5, 5.41) is 0.734. The highest BCUT2D eigenvalue weighted by Gasteiger charge is 2.32. The summed E-state index contributed by atoms with van der Waals surface area (Å²) in [5.41, 5.74) is 5.72. The third-order valence-corrected chi connectivity index (χ3v) is 3.54. The zero-order valence-corrected chi connectivity index (χ0v) is 10.2. The fourth-order valence-electron chi connectivity index (χ4n) is 2.30. The second kappa shape index (κ2) is 5.07. The SMILES string of the molecule is NCC1(Oc2ccc(Cl)cc2)CCCCC1. The molecule has 0 spiro atoms. The van der Waals surface area contributed by atoms with E-state index in [1.165, 1.54) is 19.3 Å². The predicted molar refractivity (Wildman–Crippen MR) is 67.0 cm³/mol. The zero-order chi connectivity index (χ0) is 11.4. The minimum atomic E-state index is -0.147. The van der Waals surface area contributed by atoms with Gasteiger partial charge in [0, 0.05) is 11.6 Å². The lowest BCUT2D eigenvalue weighted by molar-refractivity contribution is 0.0387. The molecule has 2 rings (SSSR count). The van der Waals surface area contributed by atoms with Gasteiger partial charge in [-0.05, 0) is 49.9 Å². The van der Waals surface area contributed by atoms with Crippen molar-refractivity contribution < 1.29 is 4.74 Å². The second-order valence-corrected chi connectivity index (χ2v) is 4.94. The van der Waals surface area contributed by atoms with E-state index in [2.05, 4.69) is 0 Å². The molecule has 0 heterocycles. The molecule has 3 heteroatoms. The van der Waals surface area contributed by atoms with Crippen molar-refractivity contribution in [3.8, 4) is 5.75 Å². The molecule has 0 radical (unpaired) electrons. The van der Waals surface area contributed by atoms with E-state index in [1.54, 1.807) is 0 Å². The lowest BCUT2D eigenvalue weighted by atomic mass is 9.84. The van der Waals surface area contributed by atoms with Gasteiger partial charge in [-0.25, -0.2) is 0 Å². The van der Waals surface area contributed by atoms with E-state index in [1.807, 2.05) is 24.3 Å². The summed E-state index contributed by atoms with van der Waals surface area (Å²) in [4.78, 5) is 0. The molecule has 16 heavy (non-hydrogen) atoms. The smallest absolute Gasteiger partial charge is 0.121 e. The average Bonchev–Trinajstić information content (AvgIpc) is 2.33. The van der Waals surface area contributed by atoms with Crippen LogP contribution >= 0.6 is 11.6 Å². The Morgan fingerprint density at radius 2 is 1.75 bits per heavy atom. The van der Waals surface area contributed by atoms with Gasteiger partial charge >= 0.3 is 0 Å². The van der Waals surface area contributed by atoms with Gasteiger partial charge in [0.2, 0.25) is 0 Å². The van der Waals surface area contributed by atoms with E-state index >= 15 is 0 Å². The minimum absolute atomic E-state index is 0.147. The lowest BCUT2D eigenvalue weighted by Gasteiger charge is -2.36. The van der Waals surface area contributed by atoms with Gasteiger partial charge in [0.25, 0.3) is 0 Å².